The Morgan fingerprint density at radius 2 is 2.20 bits per heavy atom. The molecule has 1 heterocycles. The number of aliphatic carboxylic acids is 1. The monoisotopic (exact) mass is 293 g/mol. The van der Waals surface area contributed by atoms with Gasteiger partial charge >= 0.3 is 5.97 Å². The molecule has 0 spiro atoms. The van der Waals surface area contributed by atoms with E-state index in [2.05, 4.69) is 4.98 Å². The van der Waals surface area contributed by atoms with Crippen LogP contribution >= 0.6 is 11.8 Å². The molecule has 0 saturated carbocycles. The lowest BCUT2D eigenvalue weighted by Crippen LogP contribution is -2.24. The second-order valence-corrected chi connectivity index (χ2v) is 5.46. The van der Waals surface area contributed by atoms with Crippen molar-refractivity contribution in [3.8, 4) is 0 Å². The number of nitrogens with zero attached hydrogens (tertiary/aromatic N) is 2. The van der Waals surface area contributed by atoms with Gasteiger partial charge in [-0.3, -0.25) is 9.59 Å². The van der Waals surface area contributed by atoms with E-state index in [0.717, 1.165) is 28.4 Å². The van der Waals surface area contributed by atoms with E-state index in [0.29, 0.717) is 5.16 Å². The molecular formula is C13H15N3O3S. The Kier molecular flexibility index (Phi) is 3.99. The van der Waals surface area contributed by atoms with E-state index in [1.165, 1.54) is 0 Å². The van der Waals surface area contributed by atoms with Crippen LogP contribution in [0.2, 0.25) is 0 Å². The summed E-state index contributed by atoms with van der Waals surface area (Å²) in [5.41, 5.74) is 7.90. The molecule has 0 saturated heterocycles. The number of primary amides is 1. The van der Waals surface area contributed by atoms with E-state index in [-0.39, 0.29) is 5.75 Å². The molecule has 0 bridgehead atoms. The van der Waals surface area contributed by atoms with Gasteiger partial charge in [0, 0.05) is 0 Å². The van der Waals surface area contributed by atoms with Crippen molar-refractivity contribution < 1.29 is 14.7 Å². The van der Waals surface area contributed by atoms with E-state index < -0.39 is 17.9 Å². The molecule has 106 valence electrons. The van der Waals surface area contributed by atoms with Crippen LogP contribution in [0, 0.1) is 6.92 Å². The number of carbonyl (C=O) groups is 2. The predicted octanol–water partition coefficient (Wildman–Crippen LogP) is 1.57. The molecule has 1 atom stereocenters. The van der Waals surface area contributed by atoms with Gasteiger partial charge in [-0.1, -0.05) is 17.8 Å². The lowest BCUT2D eigenvalue weighted by Gasteiger charge is -2.13. The van der Waals surface area contributed by atoms with Crippen LogP contribution in [-0.4, -0.2) is 32.3 Å². The number of rotatable bonds is 5. The smallest absolute Gasteiger partial charge is 0.313 e. The highest BCUT2D eigenvalue weighted by Crippen LogP contribution is 2.28. The van der Waals surface area contributed by atoms with Gasteiger partial charge in [0.25, 0.3) is 0 Å². The molecule has 0 radical (unpaired) electrons. The Balaban J connectivity index is 2.57. The zero-order valence-corrected chi connectivity index (χ0v) is 12.0. The van der Waals surface area contributed by atoms with E-state index in [1.807, 2.05) is 25.1 Å². The van der Waals surface area contributed by atoms with Crippen LogP contribution in [-0.2, 0) is 9.59 Å². The fourth-order valence-electron chi connectivity index (χ4n) is 1.91. The quantitative estimate of drug-likeness (QED) is 0.815. The number of carbonyl (C=O) groups excluding carboxylic acids is 1. The lowest BCUT2D eigenvalue weighted by atomic mass is 10.2. The van der Waals surface area contributed by atoms with Gasteiger partial charge in [-0.15, -0.1) is 0 Å². The molecule has 0 fully saturated rings. The molecule has 20 heavy (non-hydrogen) atoms. The highest BCUT2D eigenvalue weighted by atomic mass is 32.2. The van der Waals surface area contributed by atoms with Gasteiger partial charge in [0.1, 0.15) is 6.04 Å². The maximum atomic E-state index is 11.5. The van der Waals surface area contributed by atoms with E-state index in [9.17, 15) is 9.59 Å². The molecular weight excluding hydrogens is 278 g/mol. The van der Waals surface area contributed by atoms with Crippen LogP contribution in [0.15, 0.2) is 23.4 Å². The summed E-state index contributed by atoms with van der Waals surface area (Å²) in [4.78, 5) is 26.6. The van der Waals surface area contributed by atoms with Crippen molar-refractivity contribution >= 4 is 34.7 Å². The molecule has 2 rings (SSSR count). The van der Waals surface area contributed by atoms with Gasteiger partial charge < -0.3 is 15.4 Å². The molecule has 1 aromatic carbocycles. The second kappa shape index (κ2) is 5.54. The van der Waals surface area contributed by atoms with Crippen LogP contribution in [0.4, 0.5) is 0 Å². The van der Waals surface area contributed by atoms with Crippen LogP contribution in [0.5, 0.6) is 0 Å². The minimum Gasteiger partial charge on any atom is -0.481 e. The largest absolute Gasteiger partial charge is 0.481 e. The van der Waals surface area contributed by atoms with Crippen molar-refractivity contribution in [2.24, 2.45) is 5.73 Å². The molecule has 0 aliphatic heterocycles. The topological polar surface area (TPSA) is 98.2 Å². The Hall–Kier alpha value is -2.02. The first kappa shape index (κ1) is 14.4. The summed E-state index contributed by atoms with van der Waals surface area (Å²) in [6, 6.07) is 5.09. The van der Waals surface area contributed by atoms with Crippen molar-refractivity contribution in [2.45, 2.75) is 25.0 Å². The summed E-state index contributed by atoms with van der Waals surface area (Å²) in [7, 11) is 0. The number of fused-ring (bicyclic) bond motifs is 1. The zero-order valence-electron chi connectivity index (χ0n) is 11.2. The van der Waals surface area contributed by atoms with Gasteiger partial charge in [-0.05, 0) is 31.5 Å². The van der Waals surface area contributed by atoms with Gasteiger partial charge in [0.2, 0.25) is 5.91 Å². The molecule has 2 aromatic rings. The van der Waals surface area contributed by atoms with Crippen LogP contribution in [0.1, 0.15) is 18.5 Å². The Bertz CT molecular complexity index is 681. The first-order valence-electron chi connectivity index (χ1n) is 6.02. The Morgan fingerprint density at radius 1 is 1.50 bits per heavy atom. The molecule has 1 unspecified atom stereocenters. The summed E-state index contributed by atoms with van der Waals surface area (Å²) in [5, 5.41) is 9.27. The molecule has 0 aliphatic rings. The standard InChI is InChI=1S/C13H15N3O3S/c1-7-3-4-9-10(5-7)16(8(2)12(14)19)13(15-9)20-6-11(17)18/h3-5,8H,6H2,1-2H3,(H2,14,19)(H,17,18). The van der Waals surface area contributed by atoms with Crippen LogP contribution in [0.3, 0.4) is 0 Å². The van der Waals surface area contributed by atoms with Gasteiger partial charge in [-0.25, -0.2) is 4.98 Å². The third-order valence-electron chi connectivity index (χ3n) is 2.94. The molecule has 6 nitrogen and oxygen atoms in total. The Morgan fingerprint density at radius 3 is 2.80 bits per heavy atom. The Labute approximate surface area is 120 Å². The average molecular weight is 293 g/mol. The number of carboxylic acid groups (broad SMARTS) is 1. The summed E-state index contributed by atoms with van der Waals surface area (Å²) < 4.78 is 1.69. The minimum atomic E-state index is -0.934. The summed E-state index contributed by atoms with van der Waals surface area (Å²) >= 11 is 1.08. The lowest BCUT2D eigenvalue weighted by molar-refractivity contribution is -0.133. The number of imidazole rings is 1. The van der Waals surface area contributed by atoms with Crippen molar-refractivity contribution in [1.29, 1.82) is 0 Å². The van der Waals surface area contributed by atoms with Crippen molar-refractivity contribution in [3.63, 3.8) is 0 Å². The zero-order chi connectivity index (χ0) is 14.9. The fraction of sp³-hybridized carbons (Fsp3) is 0.308. The van der Waals surface area contributed by atoms with Gasteiger partial charge in [0.15, 0.2) is 5.16 Å². The molecule has 7 heteroatoms. The summed E-state index contributed by atoms with van der Waals surface area (Å²) in [6.07, 6.45) is 0. The maximum Gasteiger partial charge on any atom is 0.313 e. The van der Waals surface area contributed by atoms with Crippen molar-refractivity contribution in [3.05, 3.63) is 23.8 Å². The summed E-state index contributed by atoms with van der Waals surface area (Å²) in [6.45, 7) is 3.62. The predicted molar refractivity (Wildman–Crippen MR) is 76.7 cm³/mol. The number of aromatic nitrogens is 2. The van der Waals surface area contributed by atoms with Gasteiger partial charge in [0.05, 0.1) is 16.8 Å². The van der Waals surface area contributed by atoms with E-state index in [1.54, 1.807) is 11.5 Å². The first-order chi connectivity index (χ1) is 9.40. The number of amides is 1. The molecule has 0 aliphatic carbocycles. The number of thioether (sulfide) groups is 1. The highest BCUT2D eigenvalue weighted by Gasteiger charge is 2.20. The third kappa shape index (κ3) is 2.77. The second-order valence-electron chi connectivity index (χ2n) is 4.52. The number of benzene rings is 1. The number of aryl methyl sites for hydroxylation is 1. The number of carboxylic acids is 1. The SMILES string of the molecule is Cc1ccc2nc(SCC(=O)O)n(C(C)C(N)=O)c2c1. The van der Waals surface area contributed by atoms with Crippen LogP contribution < -0.4 is 5.73 Å². The number of nitrogens with two attached hydrogens (primary N) is 1. The maximum absolute atomic E-state index is 11.5. The highest BCUT2D eigenvalue weighted by molar-refractivity contribution is 7.99. The van der Waals surface area contributed by atoms with Crippen LogP contribution in [0.25, 0.3) is 11.0 Å². The minimum absolute atomic E-state index is 0.117. The average Bonchev–Trinajstić information content (AvgIpc) is 2.72. The van der Waals surface area contributed by atoms with E-state index in [4.69, 9.17) is 10.8 Å². The van der Waals surface area contributed by atoms with Crippen molar-refractivity contribution in [2.75, 3.05) is 5.75 Å². The number of hydrogen-bond donors (Lipinski definition) is 2. The molecule has 1 aromatic heterocycles. The summed E-state index contributed by atoms with van der Waals surface area (Å²) in [5.74, 6) is -1.53. The van der Waals surface area contributed by atoms with Gasteiger partial charge in [-0.2, -0.15) is 0 Å². The third-order valence-corrected chi connectivity index (χ3v) is 3.87. The normalized spacial score (nSPS) is 12.5. The molecule has 3 N–H and O–H groups in total. The number of hydrogen-bond acceptors (Lipinski definition) is 4. The van der Waals surface area contributed by atoms with Crippen molar-refractivity contribution in [1.82, 2.24) is 9.55 Å². The molecule has 1 amide bonds. The fourth-order valence-corrected chi connectivity index (χ4v) is 2.72. The first-order valence-corrected chi connectivity index (χ1v) is 7.01. The van der Waals surface area contributed by atoms with E-state index >= 15 is 0 Å².